The molecule has 1 heterocycles. The third-order valence-corrected chi connectivity index (χ3v) is 4.50. The van der Waals surface area contributed by atoms with Crippen molar-refractivity contribution in [1.29, 1.82) is 0 Å². The number of hydrogen-bond acceptors (Lipinski definition) is 3. The Morgan fingerprint density at radius 1 is 1.40 bits per heavy atom. The fourth-order valence-corrected chi connectivity index (χ4v) is 2.84. The zero-order valence-electron chi connectivity index (χ0n) is 12.1. The molecule has 110 valence electrons. The molecule has 3 N–H and O–H groups in total. The van der Waals surface area contributed by atoms with Crippen molar-refractivity contribution in [3.05, 3.63) is 22.7 Å². The minimum atomic E-state index is 0.0233. The Morgan fingerprint density at radius 3 is 2.65 bits per heavy atom. The molecule has 0 aliphatic carbocycles. The first kappa shape index (κ1) is 15.3. The molecule has 2 rings (SSSR count). The van der Waals surface area contributed by atoms with Crippen LogP contribution in [-0.2, 0) is 4.79 Å². The van der Waals surface area contributed by atoms with Gasteiger partial charge in [0.15, 0.2) is 0 Å². The predicted octanol–water partition coefficient (Wildman–Crippen LogP) is 3.09. The van der Waals surface area contributed by atoms with E-state index in [1.54, 1.807) is 12.1 Å². The second-order valence-corrected chi connectivity index (χ2v) is 7.08. The van der Waals surface area contributed by atoms with Gasteiger partial charge in [-0.25, -0.2) is 0 Å². The summed E-state index contributed by atoms with van der Waals surface area (Å²) in [5.41, 5.74) is 7.53. The van der Waals surface area contributed by atoms with E-state index in [2.05, 4.69) is 40.0 Å². The van der Waals surface area contributed by atoms with E-state index in [-0.39, 0.29) is 5.91 Å². The highest BCUT2D eigenvalue weighted by molar-refractivity contribution is 9.10. The molecule has 5 heteroatoms. The number of nitrogens with two attached hydrogens (primary N) is 1. The number of amides is 1. The molecule has 0 atom stereocenters. The van der Waals surface area contributed by atoms with Crippen LogP contribution in [0.3, 0.4) is 0 Å². The van der Waals surface area contributed by atoms with Crippen molar-refractivity contribution in [3.63, 3.8) is 0 Å². The summed E-state index contributed by atoms with van der Waals surface area (Å²) in [6, 6.07) is 5.39. The molecular formula is C15H22BrN3O. The van der Waals surface area contributed by atoms with E-state index in [4.69, 9.17) is 5.73 Å². The molecule has 0 unspecified atom stereocenters. The maximum absolute atomic E-state index is 12.1. The van der Waals surface area contributed by atoms with Crippen LogP contribution >= 0.6 is 15.9 Å². The van der Waals surface area contributed by atoms with Gasteiger partial charge in [0.1, 0.15) is 0 Å². The highest BCUT2D eigenvalue weighted by Crippen LogP contribution is 2.29. The number of nitrogens with one attached hydrogen (secondary N) is 1. The van der Waals surface area contributed by atoms with Gasteiger partial charge >= 0.3 is 0 Å². The Hall–Kier alpha value is -1.07. The zero-order valence-corrected chi connectivity index (χ0v) is 13.7. The predicted molar refractivity (Wildman–Crippen MR) is 86.6 cm³/mol. The van der Waals surface area contributed by atoms with Crippen LogP contribution in [0.4, 0.5) is 11.4 Å². The second-order valence-electron chi connectivity index (χ2n) is 6.23. The van der Waals surface area contributed by atoms with Crippen molar-refractivity contribution in [3.8, 4) is 0 Å². The van der Waals surface area contributed by atoms with Gasteiger partial charge in [-0.1, -0.05) is 13.8 Å². The van der Waals surface area contributed by atoms with Gasteiger partial charge in [-0.3, -0.25) is 9.69 Å². The summed E-state index contributed by atoms with van der Waals surface area (Å²) in [6.45, 7) is 7.01. The molecular weight excluding hydrogens is 318 g/mol. The van der Waals surface area contributed by atoms with E-state index >= 15 is 0 Å². The summed E-state index contributed by atoms with van der Waals surface area (Å²) in [5.74, 6) is 0.0233. The molecule has 1 fully saturated rings. The minimum Gasteiger partial charge on any atom is -0.399 e. The number of piperidine rings is 1. The lowest BCUT2D eigenvalue weighted by Gasteiger charge is -2.36. The normalized spacial score (nSPS) is 18.8. The molecule has 20 heavy (non-hydrogen) atoms. The Bertz CT molecular complexity index is 492. The molecule has 1 saturated heterocycles. The lowest BCUT2D eigenvalue weighted by molar-refractivity contribution is -0.117. The smallest absolute Gasteiger partial charge is 0.238 e. The first-order valence-corrected chi connectivity index (χ1v) is 7.72. The Labute approximate surface area is 128 Å². The summed E-state index contributed by atoms with van der Waals surface area (Å²) in [4.78, 5) is 14.3. The number of carbonyl (C=O) groups is 1. The standard InChI is InChI=1S/C15H22BrN3O/c1-15(2)5-7-19(8-6-15)10-14(20)18-13-4-3-11(17)9-12(13)16/h3-4,9H,5-8,10,17H2,1-2H3,(H,18,20). The van der Waals surface area contributed by atoms with E-state index in [0.29, 0.717) is 17.6 Å². The average Bonchev–Trinajstić information content (AvgIpc) is 2.35. The fourth-order valence-electron chi connectivity index (χ4n) is 2.34. The molecule has 1 aliphatic rings. The van der Waals surface area contributed by atoms with E-state index in [1.807, 2.05) is 6.07 Å². The molecule has 0 saturated carbocycles. The number of hydrogen-bond donors (Lipinski definition) is 2. The third kappa shape index (κ3) is 4.21. The van der Waals surface area contributed by atoms with Crippen LogP contribution in [-0.4, -0.2) is 30.4 Å². The van der Waals surface area contributed by atoms with Gasteiger partial charge in [-0.05, 0) is 65.5 Å². The maximum Gasteiger partial charge on any atom is 0.238 e. The second kappa shape index (κ2) is 6.14. The summed E-state index contributed by atoms with van der Waals surface area (Å²) in [5, 5.41) is 2.92. The summed E-state index contributed by atoms with van der Waals surface area (Å²) in [7, 11) is 0. The number of likely N-dealkylation sites (tertiary alicyclic amines) is 1. The van der Waals surface area contributed by atoms with Gasteiger partial charge < -0.3 is 11.1 Å². The van der Waals surface area contributed by atoms with Crippen LogP contribution in [0, 0.1) is 5.41 Å². The Morgan fingerprint density at radius 2 is 2.05 bits per heavy atom. The molecule has 0 bridgehead atoms. The van der Waals surface area contributed by atoms with Gasteiger partial charge in [0.25, 0.3) is 0 Å². The van der Waals surface area contributed by atoms with Crippen molar-refractivity contribution in [2.45, 2.75) is 26.7 Å². The topological polar surface area (TPSA) is 58.4 Å². The quantitative estimate of drug-likeness (QED) is 0.832. The number of carbonyl (C=O) groups excluding carboxylic acids is 1. The first-order valence-electron chi connectivity index (χ1n) is 6.93. The third-order valence-electron chi connectivity index (χ3n) is 3.84. The molecule has 1 amide bonds. The van der Waals surface area contributed by atoms with Crippen molar-refractivity contribution in [1.82, 2.24) is 4.90 Å². The maximum atomic E-state index is 12.1. The van der Waals surface area contributed by atoms with Crippen molar-refractivity contribution >= 4 is 33.2 Å². The monoisotopic (exact) mass is 339 g/mol. The molecule has 1 aliphatic heterocycles. The molecule has 0 radical (unpaired) electrons. The average molecular weight is 340 g/mol. The first-order chi connectivity index (χ1) is 9.35. The number of nitrogen functional groups attached to an aromatic ring is 1. The van der Waals surface area contributed by atoms with Crippen molar-refractivity contribution < 1.29 is 4.79 Å². The summed E-state index contributed by atoms with van der Waals surface area (Å²) < 4.78 is 0.811. The molecule has 4 nitrogen and oxygen atoms in total. The summed E-state index contributed by atoms with van der Waals surface area (Å²) in [6.07, 6.45) is 2.29. The Kier molecular flexibility index (Phi) is 4.70. The SMILES string of the molecule is CC1(C)CCN(CC(=O)Nc2ccc(N)cc2Br)CC1. The molecule has 0 spiro atoms. The molecule has 1 aromatic carbocycles. The van der Waals surface area contributed by atoms with Gasteiger partial charge in [-0.2, -0.15) is 0 Å². The van der Waals surface area contributed by atoms with Gasteiger partial charge in [0.2, 0.25) is 5.91 Å². The summed E-state index contributed by atoms with van der Waals surface area (Å²) >= 11 is 3.41. The van der Waals surface area contributed by atoms with E-state index in [0.717, 1.165) is 36.1 Å². The number of nitrogens with zero attached hydrogens (tertiary/aromatic N) is 1. The van der Waals surface area contributed by atoms with Gasteiger partial charge in [0.05, 0.1) is 12.2 Å². The van der Waals surface area contributed by atoms with Crippen LogP contribution in [0.5, 0.6) is 0 Å². The number of rotatable bonds is 3. The fraction of sp³-hybridized carbons (Fsp3) is 0.533. The van der Waals surface area contributed by atoms with Crippen LogP contribution in [0.15, 0.2) is 22.7 Å². The lowest BCUT2D eigenvalue weighted by atomic mass is 9.83. The van der Waals surface area contributed by atoms with Crippen LogP contribution in [0.2, 0.25) is 0 Å². The van der Waals surface area contributed by atoms with E-state index < -0.39 is 0 Å². The number of anilines is 2. The highest BCUT2D eigenvalue weighted by atomic mass is 79.9. The van der Waals surface area contributed by atoms with Gasteiger partial charge in [-0.15, -0.1) is 0 Å². The van der Waals surface area contributed by atoms with Crippen molar-refractivity contribution in [2.24, 2.45) is 5.41 Å². The highest BCUT2D eigenvalue weighted by Gasteiger charge is 2.26. The van der Waals surface area contributed by atoms with Crippen molar-refractivity contribution in [2.75, 3.05) is 30.7 Å². The molecule has 1 aromatic rings. The lowest BCUT2D eigenvalue weighted by Crippen LogP contribution is -2.41. The number of benzene rings is 1. The largest absolute Gasteiger partial charge is 0.399 e. The van der Waals surface area contributed by atoms with Crippen LogP contribution in [0.1, 0.15) is 26.7 Å². The van der Waals surface area contributed by atoms with Crippen LogP contribution < -0.4 is 11.1 Å². The van der Waals surface area contributed by atoms with Crippen LogP contribution in [0.25, 0.3) is 0 Å². The minimum absolute atomic E-state index is 0.0233. The van der Waals surface area contributed by atoms with Gasteiger partial charge in [0, 0.05) is 10.2 Å². The Balaban J connectivity index is 1.87. The van der Waals surface area contributed by atoms with E-state index in [1.165, 1.54) is 0 Å². The number of halogens is 1. The zero-order chi connectivity index (χ0) is 14.8. The molecule has 0 aromatic heterocycles. The van der Waals surface area contributed by atoms with E-state index in [9.17, 15) is 4.79 Å².